The molecule has 1 atom stereocenters. The molecular formula is C9H18O2. The van der Waals surface area contributed by atoms with Crippen LogP contribution in [0.15, 0.2) is 0 Å². The van der Waals surface area contributed by atoms with E-state index < -0.39 is 0 Å². The number of ether oxygens (including phenoxy) is 1. The Morgan fingerprint density at radius 1 is 1.55 bits per heavy atom. The van der Waals surface area contributed by atoms with Gasteiger partial charge in [0.2, 0.25) is 0 Å². The summed E-state index contributed by atoms with van der Waals surface area (Å²) in [5.74, 6) is 0. The minimum absolute atomic E-state index is 0.157. The van der Waals surface area contributed by atoms with Gasteiger partial charge in [0.1, 0.15) is 0 Å². The lowest BCUT2D eigenvalue weighted by Crippen LogP contribution is -2.32. The van der Waals surface area contributed by atoms with Gasteiger partial charge < -0.3 is 9.84 Å². The van der Waals surface area contributed by atoms with E-state index >= 15 is 0 Å². The Labute approximate surface area is 68.6 Å². The van der Waals surface area contributed by atoms with Crippen molar-refractivity contribution in [2.45, 2.75) is 44.6 Å². The molecule has 0 amide bonds. The number of unbranched alkanes of at least 4 members (excludes halogenated alkanes) is 1. The molecule has 1 heterocycles. The third-order valence-electron chi connectivity index (χ3n) is 2.46. The lowest BCUT2D eigenvalue weighted by Gasteiger charge is -2.25. The zero-order valence-electron chi connectivity index (χ0n) is 7.31. The van der Waals surface area contributed by atoms with Gasteiger partial charge in [-0.3, -0.25) is 0 Å². The number of hydrogen-bond donors (Lipinski definition) is 1. The van der Waals surface area contributed by atoms with E-state index in [1.54, 1.807) is 0 Å². The quantitative estimate of drug-likeness (QED) is 0.675. The maximum atomic E-state index is 9.12. The maximum Gasteiger partial charge on any atom is 0.0912 e. The molecule has 0 aromatic carbocycles. The van der Waals surface area contributed by atoms with E-state index in [1.807, 2.05) is 0 Å². The third-order valence-corrected chi connectivity index (χ3v) is 2.46. The molecule has 0 bridgehead atoms. The Kier molecular flexibility index (Phi) is 3.34. The summed E-state index contributed by atoms with van der Waals surface area (Å²) in [7, 11) is 0. The summed E-state index contributed by atoms with van der Waals surface area (Å²) in [5.41, 5.74) is -0.157. The molecule has 1 aliphatic heterocycles. The second kappa shape index (κ2) is 4.07. The van der Waals surface area contributed by atoms with Crippen molar-refractivity contribution in [2.75, 3.05) is 13.2 Å². The second-order valence-electron chi connectivity index (χ2n) is 3.40. The monoisotopic (exact) mass is 158 g/mol. The van der Waals surface area contributed by atoms with Gasteiger partial charge in [0.25, 0.3) is 0 Å². The zero-order chi connectivity index (χ0) is 8.16. The highest BCUT2D eigenvalue weighted by Crippen LogP contribution is 2.30. The smallest absolute Gasteiger partial charge is 0.0912 e. The molecule has 0 aromatic rings. The molecule has 1 aliphatic rings. The molecule has 1 unspecified atom stereocenters. The van der Waals surface area contributed by atoms with Crippen molar-refractivity contribution in [1.29, 1.82) is 0 Å². The van der Waals surface area contributed by atoms with Crippen LogP contribution in [0.1, 0.15) is 39.0 Å². The van der Waals surface area contributed by atoms with E-state index in [0.29, 0.717) is 0 Å². The van der Waals surface area contributed by atoms with Gasteiger partial charge in [-0.05, 0) is 19.3 Å². The van der Waals surface area contributed by atoms with E-state index in [1.165, 1.54) is 12.8 Å². The van der Waals surface area contributed by atoms with Gasteiger partial charge in [0, 0.05) is 6.61 Å². The number of aliphatic hydroxyl groups is 1. The minimum Gasteiger partial charge on any atom is -0.393 e. The van der Waals surface area contributed by atoms with E-state index in [4.69, 9.17) is 9.84 Å². The maximum absolute atomic E-state index is 9.12. The van der Waals surface area contributed by atoms with Crippen LogP contribution < -0.4 is 0 Å². The topological polar surface area (TPSA) is 29.5 Å². The van der Waals surface area contributed by atoms with Crippen molar-refractivity contribution in [2.24, 2.45) is 0 Å². The molecule has 0 spiro atoms. The molecule has 2 heteroatoms. The first kappa shape index (κ1) is 9.01. The SMILES string of the molecule is CCCCC1(CO)CCCO1. The predicted molar refractivity (Wildman–Crippen MR) is 44.5 cm³/mol. The summed E-state index contributed by atoms with van der Waals surface area (Å²) in [6.45, 7) is 3.21. The lowest BCUT2D eigenvalue weighted by atomic mass is 9.94. The van der Waals surface area contributed by atoms with Crippen LogP contribution >= 0.6 is 0 Å². The molecule has 0 aromatic heterocycles. The Bertz CT molecular complexity index is 106. The Morgan fingerprint density at radius 2 is 2.36 bits per heavy atom. The van der Waals surface area contributed by atoms with Gasteiger partial charge >= 0.3 is 0 Å². The van der Waals surface area contributed by atoms with Crippen LogP contribution in [0.4, 0.5) is 0 Å². The summed E-state index contributed by atoms with van der Waals surface area (Å²) in [6, 6.07) is 0. The third kappa shape index (κ3) is 2.17. The van der Waals surface area contributed by atoms with Crippen molar-refractivity contribution < 1.29 is 9.84 Å². The average molecular weight is 158 g/mol. The number of aliphatic hydroxyl groups excluding tert-OH is 1. The van der Waals surface area contributed by atoms with Gasteiger partial charge in [-0.25, -0.2) is 0 Å². The summed E-state index contributed by atoms with van der Waals surface area (Å²) < 4.78 is 5.54. The van der Waals surface area contributed by atoms with Crippen LogP contribution in [-0.2, 0) is 4.74 Å². The largest absolute Gasteiger partial charge is 0.393 e. The van der Waals surface area contributed by atoms with Gasteiger partial charge in [-0.15, -0.1) is 0 Å². The molecule has 1 fully saturated rings. The number of rotatable bonds is 4. The molecule has 0 aliphatic carbocycles. The van der Waals surface area contributed by atoms with Crippen molar-refractivity contribution in [3.8, 4) is 0 Å². The average Bonchev–Trinajstić information content (AvgIpc) is 2.50. The minimum atomic E-state index is -0.157. The summed E-state index contributed by atoms with van der Waals surface area (Å²) >= 11 is 0. The summed E-state index contributed by atoms with van der Waals surface area (Å²) in [4.78, 5) is 0. The first-order valence-electron chi connectivity index (χ1n) is 4.58. The van der Waals surface area contributed by atoms with Crippen LogP contribution in [0.5, 0.6) is 0 Å². The summed E-state index contributed by atoms with van der Waals surface area (Å²) in [5, 5.41) is 9.12. The highest BCUT2D eigenvalue weighted by atomic mass is 16.5. The molecule has 66 valence electrons. The van der Waals surface area contributed by atoms with Crippen LogP contribution in [0.2, 0.25) is 0 Å². The molecule has 2 nitrogen and oxygen atoms in total. The Morgan fingerprint density at radius 3 is 2.82 bits per heavy atom. The fourth-order valence-electron chi connectivity index (χ4n) is 1.66. The molecule has 11 heavy (non-hydrogen) atoms. The van der Waals surface area contributed by atoms with E-state index in [-0.39, 0.29) is 12.2 Å². The summed E-state index contributed by atoms with van der Waals surface area (Å²) in [6.07, 6.45) is 5.54. The van der Waals surface area contributed by atoms with Gasteiger partial charge in [-0.2, -0.15) is 0 Å². The first-order chi connectivity index (χ1) is 5.33. The fourth-order valence-corrected chi connectivity index (χ4v) is 1.66. The Hall–Kier alpha value is -0.0800. The molecule has 1 N–H and O–H groups in total. The molecule has 1 rings (SSSR count). The highest BCUT2D eigenvalue weighted by molar-refractivity contribution is 4.83. The van der Waals surface area contributed by atoms with Gasteiger partial charge in [0.05, 0.1) is 12.2 Å². The van der Waals surface area contributed by atoms with Gasteiger partial charge in [-0.1, -0.05) is 19.8 Å². The van der Waals surface area contributed by atoms with E-state index in [0.717, 1.165) is 25.9 Å². The van der Waals surface area contributed by atoms with Crippen molar-refractivity contribution in [1.82, 2.24) is 0 Å². The normalized spacial score (nSPS) is 31.1. The first-order valence-corrected chi connectivity index (χ1v) is 4.58. The van der Waals surface area contributed by atoms with Crippen molar-refractivity contribution >= 4 is 0 Å². The van der Waals surface area contributed by atoms with Crippen LogP contribution in [0.3, 0.4) is 0 Å². The van der Waals surface area contributed by atoms with Crippen LogP contribution in [0, 0.1) is 0 Å². The van der Waals surface area contributed by atoms with Crippen molar-refractivity contribution in [3.05, 3.63) is 0 Å². The van der Waals surface area contributed by atoms with Crippen LogP contribution in [0.25, 0.3) is 0 Å². The molecular weight excluding hydrogens is 140 g/mol. The van der Waals surface area contributed by atoms with E-state index in [2.05, 4.69) is 6.92 Å². The highest BCUT2D eigenvalue weighted by Gasteiger charge is 2.33. The second-order valence-corrected chi connectivity index (χ2v) is 3.40. The fraction of sp³-hybridized carbons (Fsp3) is 1.00. The predicted octanol–water partition coefficient (Wildman–Crippen LogP) is 1.72. The number of hydrogen-bond acceptors (Lipinski definition) is 2. The zero-order valence-corrected chi connectivity index (χ0v) is 7.31. The van der Waals surface area contributed by atoms with Crippen LogP contribution in [-0.4, -0.2) is 23.9 Å². The lowest BCUT2D eigenvalue weighted by molar-refractivity contribution is -0.0451. The molecule has 1 saturated heterocycles. The van der Waals surface area contributed by atoms with Gasteiger partial charge in [0.15, 0.2) is 0 Å². The Balaban J connectivity index is 2.33. The molecule has 0 radical (unpaired) electrons. The standard InChI is InChI=1S/C9H18O2/c1-2-3-5-9(8-10)6-4-7-11-9/h10H,2-8H2,1H3. The molecule has 0 saturated carbocycles. The van der Waals surface area contributed by atoms with Crippen molar-refractivity contribution in [3.63, 3.8) is 0 Å². The van der Waals surface area contributed by atoms with E-state index in [9.17, 15) is 0 Å².